The lowest BCUT2D eigenvalue weighted by Crippen LogP contribution is -2.55. The van der Waals surface area contributed by atoms with Crippen molar-refractivity contribution in [1.82, 2.24) is 21.2 Å². The standard InChI is InChI=1S/C23H21N5O7.H3N/c1-27-11-13-10-15(6-7-16(13)21(27)31)28-8-9-34-18(22(28)32)17(29)20(30)24-14-4-2-12(3-5-14)19-25-23(33)35-26-19;/h2-7,10,17-18,29H,8-9,11H2,1H3,(H,24,30)(H,25,26,33);1H3. The molecule has 13 heteroatoms. The van der Waals surface area contributed by atoms with Gasteiger partial charge >= 0.3 is 5.76 Å². The number of aliphatic hydroxyl groups excluding tert-OH is 1. The van der Waals surface area contributed by atoms with Crippen molar-refractivity contribution in [3.63, 3.8) is 0 Å². The van der Waals surface area contributed by atoms with Crippen molar-refractivity contribution >= 4 is 29.1 Å². The third-order valence-electron chi connectivity index (χ3n) is 5.93. The van der Waals surface area contributed by atoms with Crippen LogP contribution in [0.4, 0.5) is 11.4 Å². The van der Waals surface area contributed by atoms with Crippen LogP contribution in [0.2, 0.25) is 0 Å². The topological polar surface area (TPSA) is 193 Å². The van der Waals surface area contributed by atoms with Crippen LogP contribution in [-0.4, -0.2) is 70.3 Å². The molecule has 13 nitrogen and oxygen atoms in total. The number of rotatable bonds is 5. The minimum absolute atomic E-state index is 0. The van der Waals surface area contributed by atoms with Gasteiger partial charge in [-0.15, -0.1) is 0 Å². The molecule has 188 valence electrons. The molecule has 1 fully saturated rings. The number of aromatic nitrogens is 2. The quantitative estimate of drug-likeness (QED) is 0.389. The second-order valence-electron chi connectivity index (χ2n) is 8.24. The fourth-order valence-corrected chi connectivity index (χ4v) is 4.13. The van der Waals surface area contributed by atoms with Gasteiger partial charge in [0.05, 0.1) is 6.61 Å². The smallest absolute Gasteiger partial charge is 0.380 e. The van der Waals surface area contributed by atoms with Gasteiger partial charge in [-0.25, -0.2) is 4.79 Å². The van der Waals surface area contributed by atoms with E-state index in [0.29, 0.717) is 29.0 Å². The Hall–Kier alpha value is -4.33. The zero-order valence-corrected chi connectivity index (χ0v) is 19.3. The van der Waals surface area contributed by atoms with Crippen LogP contribution in [0.5, 0.6) is 0 Å². The Labute approximate surface area is 204 Å². The van der Waals surface area contributed by atoms with E-state index in [4.69, 9.17) is 4.74 Å². The molecule has 2 unspecified atom stereocenters. The van der Waals surface area contributed by atoms with Crippen molar-refractivity contribution in [1.29, 1.82) is 0 Å². The van der Waals surface area contributed by atoms with Gasteiger partial charge in [0.15, 0.2) is 18.0 Å². The number of benzene rings is 2. The summed E-state index contributed by atoms with van der Waals surface area (Å²) in [5.41, 5.74) is 2.88. The van der Waals surface area contributed by atoms with E-state index >= 15 is 0 Å². The summed E-state index contributed by atoms with van der Waals surface area (Å²) in [6.07, 6.45) is -3.14. The maximum Gasteiger partial charge on any atom is 0.439 e. The number of nitrogens with one attached hydrogen (secondary N) is 2. The third kappa shape index (κ3) is 4.49. The Morgan fingerprint density at radius 2 is 1.94 bits per heavy atom. The van der Waals surface area contributed by atoms with Crippen molar-refractivity contribution < 1.29 is 28.8 Å². The van der Waals surface area contributed by atoms with E-state index in [1.54, 1.807) is 54.4 Å². The van der Waals surface area contributed by atoms with Gasteiger partial charge in [-0.2, -0.15) is 0 Å². The summed E-state index contributed by atoms with van der Waals surface area (Å²) in [6, 6.07) is 11.4. The first-order chi connectivity index (χ1) is 16.8. The number of anilines is 2. The molecule has 2 aliphatic rings. The SMILES string of the molecule is CN1Cc2cc(N3CCOC(C(O)C(=O)Nc4ccc(-c5noc(=O)[nH]5)cc4)C3=O)ccc2C1=O.N. The molecular weight excluding hydrogens is 472 g/mol. The second kappa shape index (κ2) is 9.73. The van der Waals surface area contributed by atoms with Crippen LogP contribution in [0.1, 0.15) is 15.9 Å². The summed E-state index contributed by atoms with van der Waals surface area (Å²) in [5.74, 6) is -1.90. The Balaban J connectivity index is 0.00000304. The van der Waals surface area contributed by atoms with E-state index in [-0.39, 0.29) is 31.0 Å². The molecule has 2 aromatic carbocycles. The highest BCUT2D eigenvalue weighted by molar-refractivity contribution is 6.04. The van der Waals surface area contributed by atoms with Crippen molar-refractivity contribution in [3.8, 4) is 11.4 Å². The molecule has 3 amide bonds. The predicted octanol–water partition coefficient (Wildman–Crippen LogP) is 0.509. The van der Waals surface area contributed by atoms with Gasteiger partial charge in [0.25, 0.3) is 17.7 Å². The van der Waals surface area contributed by atoms with Crippen LogP contribution in [0, 0.1) is 0 Å². The average Bonchev–Trinajstić information content (AvgIpc) is 3.41. The Kier molecular flexibility index (Phi) is 6.70. The molecule has 3 heterocycles. The van der Waals surface area contributed by atoms with Gasteiger partial charge in [0.2, 0.25) is 0 Å². The molecule has 2 atom stereocenters. The molecule has 0 bridgehead atoms. The summed E-state index contributed by atoms with van der Waals surface area (Å²) in [7, 11) is 1.70. The molecular formula is C23H24N6O7. The van der Waals surface area contributed by atoms with Crippen LogP contribution in [0.25, 0.3) is 11.4 Å². The Bertz CT molecular complexity index is 1370. The van der Waals surface area contributed by atoms with E-state index in [1.807, 2.05) is 0 Å². The highest BCUT2D eigenvalue weighted by atomic mass is 16.5. The predicted molar refractivity (Wildman–Crippen MR) is 127 cm³/mol. The van der Waals surface area contributed by atoms with E-state index < -0.39 is 29.8 Å². The Morgan fingerprint density at radius 3 is 2.64 bits per heavy atom. The minimum atomic E-state index is -1.75. The second-order valence-corrected chi connectivity index (χ2v) is 8.24. The van der Waals surface area contributed by atoms with Crippen molar-refractivity contribution in [2.45, 2.75) is 18.8 Å². The zero-order chi connectivity index (χ0) is 24.7. The fourth-order valence-electron chi connectivity index (χ4n) is 4.13. The number of aromatic amines is 1. The molecule has 6 N–H and O–H groups in total. The molecule has 36 heavy (non-hydrogen) atoms. The number of fused-ring (bicyclic) bond motifs is 1. The normalized spacial score (nSPS) is 18.0. The van der Waals surface area contributed by atoms with Gasteiger partial charge in [0.1, 0.15) is 0 Å². The van der Waals surface area contributed by atoms with Gasteiger partial charge in [-0.05, 0) is 48.0 Å². The molecule has 0 aliphatic carbocycles. The number of aliphatic hydroxyl groups is 1. The molecule has 0 radical (unpaired) electrons. The first kappa shape index (κ1) is 24.8. The highest BCUT2D eigenvalue weighted by Gasteiger charge is 2.39. The number of morpholine rings is 1. The first-order valence-corrected chi connectivity index (χ1v) is 10.8. The largest absolute Gasteiger partial charge is 0.439 e. The van der Waals surface area contributed by atoms with Crippen LogP contribution < -0.4 is 22.1 Å². The Morgan fingerprint density at radius 1 is 1.19 bits per heavy atom. The van der Waals surface area contributed by atoms with E-state index in [2.05, 4.69) is 20.0 Å². The maximum absolute atomic E-state index is 13.1. The summed E-state index contributed by atoms with van der Waals surface area (Å²) in [6.45, 7) is 0.819. The molecule has 1 aromatic heterocycles. The molecule has 0 saturated carbocycles. The number of nitrogens with zero attached hydrogens (tertiary/aromatic N) is 3. The number of carbonyl (C=O) groups excluding carboxylic acids is 3. The van der Waals surface area contributed by atoms with Gasteiger partial charge in [-0.3, -0.25) is 23.9 Å². The lowest BCUT2D eigenvalue weighted by atomic mass is 10.1. The zero-order valence-electron chi connectivity index (χ0n) is 19.3. The molecule has 1 saturated heterocycles. The monoisotopic (exact) mass is 496 g/mol. The summed E-state index contributed by atoms with van der Waals surface area (Å²) < 4.78 is 9.92. The molecule has 0 spiro atoms. The molecule has 5 rings (SSSR count). The number of hydrogen-bond acceptors (Lipinski definition) is 9. The van der Waals surface area contributed by atoms with Gasteiger partial charge < -0.3 is 31.1 Å². The van der Waals surface area contributed by atoms with Crippen LogP contribution in [0.3, 0.4) is 0 Å². The van der Waals surface area contributed by atoms with Crippen molar-refractivity contribution in [3.05, 3.63) is 64.1 Å². The number of amides is 3. The van der Waals surface area contributed by atoms with Gasteiger partial charge in [-0.1, -0.05) is 5.16 Å². The number of hydrogen-bond donors (Lipinski definition) is 4. The van der Waals surface area contributed by atoms with E-state index in [0.717, 1.165) is 5.56 Å². The van der Waals surface area contributed by atoms with E-state index in [1.165, 1.54) is 4.90 Å². The molecule has 2 aliphatic heterocycles. The summed E-state index contributed by atoms with van der Waals surface area (Å²) >= 11 is 0. The minimum Gasteiger partial charge on any atom is -0.380 e. The van der Waals surface area contributed by atoms with E-state index in [9.17, 15) is 24.3 Å². The lowest BCUT2D eigenvalue weighted by molar-refractivity contribution is -0.150. The summed E-state index contributed by atoms with van der Waals surface area (Å²) in [4.78, 5) is 54.4. The third-order valence-corrected chi connectivity index (χ3v) is 5.93. The molecule has 3 aromatic rings. The number of H-pyrrole nitrogens is 1. The number of ether oxygens (including phenoxy) is 1. The van der Waals surface area contributed by atoms with Crippen LogP contribution in [0.15, 0.2) is 51.8 Å². The first-order valence-electron chi connectivity index (χ1n) is 10.8. The van der Waals surface area contributed by atoms with Crippen LogP contribution >= 0.6 is 0 Å². The van der Waals surface area contributed by atoms with Crippen molar-refractivity contribution in [2.24, 2.45) is 0 Å². The van der Waals surface area contributed by atoms with Crippen LogP contribution in [-0.2, 0) is 20.9 Å². The average molecular weight is 496 g/mol. The number of carbonyl (C=O) groups is 3. The maximum atomic E-state index is 13.1. The highest BCUT2D eigenvalue weighted by Crippen LogP contribution is 2.28. The summed E-state index contributed by atoms with van der Waals surface area (Å²) in [5, 5.41) is 16.7. The lowest BCUT2D eigenvalue weighted by Gasteiger charge is -2.34. The van der Waals surface area contributed by atoms with Crippen molar-refractivity contribution in [2.75, 3.05) is 30.4 Å². The van der Waals surface area contributed by atoms with Gasteiger partial charge in [0, 0.05) is 42.6 Å². The fraction of sp³-hybridized carbons (Fsp3) is 0.261.